The molecule has 2 saturated carbocycles. The second-order valence-corrected chi connectivity index (χ2v) is 12.0. The average molecular weight is 545 g/mol. The van der Waals surface area contributed by atoms with Gasteiger partial charge in [-0.2, -0.15) is 0 Å². The fourth-order valence-corrected chi connectivity index (χ4v) is 8.26. The van der Waals surface area contributed by atoms with Gasteiger partial charge in [0.15, 0.2) is 27.3 Å². The van der Waals surface area contributed by atoms with Crippen LogP contribution in [0.2, 0.25) is 5.02 Å². The summed E-state index contributed by atoms with van der Waals surface area (Å²) in [6.07, 6.45) is 1.53. The number of nitrogens with one attached hydrogen (secondary N) is 2. The zero-order valence-corrected chi connectivity index (χ0v) is 20.7. The Morgan fingerprint density at radius 3 is 2.22 bits per heavy atom. The van der Waals surface area contributed by atoms with Crippen LogP contribution >= 0.6 is 11.6 Å². The number of hydrogen-bond donors (Lipinski definition) is 3. The number of carbonyl (C=O) groups is 2. The number of hydrogen-bond acceptors (Lipinski definition) is 5. The largest absolute Gasteiger partial charge is 0.388 e. The minimum Gasteiger partial charge on any atom is -0.388 e. The van der Waals surface area contributed by atoms with Crippen molar-refractivity contribution in [2.45, 2.75) is 48.4 Å². The van der Waals surface area contributed by atoms with Crippen LogP contribution in [0.3, 0.4) is 0 Å². The van der Waals surface area contributed by atoms with Crippen molar-refractivity contribution >= 4 is 38.9 Å². The van der Waals surface area contributed by atoms with Crippen LogP contribution in [-0.4, -0.2) is 42.7 Å². The van der Waals surface area contributed by atoms with Gasteiger partial charge in [0.05, 0.1) is 20.8 Å². The van der Waals surface area contributed by atoms with Crippen molar-refractivity contribution in [3.63, 3.8) is 0 Å². The lowest BCUT2D eigenvalue weighted by Crippen LogP contribution is -2.51. The van der Waals surface area contributed by atoms with Gasteiger partial charge in [0.2, 0.25) is 5.91 Å². The number of sulfone groups is 1. The topological polar surface area (TPSA) is 113 Å². The first kappa shape index (κ1) is 26.4. The molecule has 2 aliphatic rings. The molecule has 2 aromatic rings. The Hall–Kier alpha value is -2.63. The van der Waals surface area contributed by atoms with Gasteiger partial charge in [-0.3, -0.25) is 9.59 Å². The van der Waals surface area contributed by atoms with Gasteiger partial charge in [0.1, 0.15) is 0 Å². The molecule has 4 rings (SSSR count). The van der Waals surface area contributed by atoms with Crippen LogP contribution in [0.1, 0.15) is 43.0 Å². The molecule has 2 aromatic carbocycles. The summed E-state index contributed by atoms with van der Waals surface area (Å²) in [5, 5.41) is 14.9. The van der Waals surface area contributed by atoms with Crippen LogP contribution in [0.15, 0.2) is 35.2 Å². The summed E-state index contributed by atoms with van der Waals surface area (Å²) < 4.78 is 67.6. The SMILES string of the molecule is CC(=O)NCC1(O)CC2CC[C@H](C1)C2S(=O)(=O)c1cc(C(=O)Nc2cc(F)c(F)c(F)c2)ccc1Cl. The van der Waals surface area contributed by atoms with Crippen molar-refractivity contribution in [2.24, 2.45) is 11.8 Å². The molecule has 2 fully saturated rings. The summed E-state index contributed by atoms with van der Waals surface area (Å²) in [7, 11) is -4.04. The van der Waals surface area contributed by atoms with Gasteiger partial charge >= 0.3 is 0 Å². The molecular formula is C24H24ClF3N2O5S. The van der Waals surface area contributed by atoms with E-state index in [2.05, 4.69) is 10.6 Å². The normalized spacial score (nSPS) is 25.4. The minimum atomic E-state index is -4.04. The summed E-state index contributed by atoms with van der Waals surface area (Å²) >= 11 is 6.23. The molecular weight excluding hydrogens is 521 g/mol. The number of amides is 2. The second-order valence-electron chi connectivity index (χ2n) is 9.50. The molecule has 12 heteroatoms. The standard InChI is InChI=1S/C24H24ClF3N2O5S/c1-12(31)29-11-24(33)9-14-2-3-15(10-24)22(14)36(34,35)20-6-13(4-5-17(20)25)23(32)30-16-7-18(26)21(28)19(27)8-16/h4-8,14-15,22,33H,2-3,9-11H2,1H3,(H,29,31)(H,30,32)/t14-,15?,22?,24?/m1/s1. The minimum absolute atomic E-state index is 0.0308. The summed E-state index contributed by atoms with van der Waals surface area (Å²) in [6, 6.07) is 4.81. The number of anilines is 1. The van der Waals surface area contributed by atoms with Crippen LogP contribution in [0, 0.1) is 29.3 Å². The summed E-state index contributed by atoms with van der Waals surface area (Å²) in [5.74, 6) is -6.56. The Morgan fingerprint density at radius 1 is 1.08 bits per heavy atom. The third-order valence-electron chi connectivity index (χ3n) is 6.89. The Morgan fingerprint density at radius 2 is 1.67 bits per heavy atom. The number of halogens is 4. The summed E-state index contributed by atoms with van der Waals surface area (Å²) in [5.41, 5.74) is -1.69. The fraction of sp³-hybridized carbons (Fsp3) is 0.417. The third kappa shape index (κ3) is 5.09. The quantitative estimate of drug-likeness (QED) is 0.478. The lowest BCUT2D eigenvalue weighted by Gasteiger charge is -2.41. The smallest absolute Gasteiger partial charge is 0.255 e. The van der Waals surface area contributed by atoms with Gasteiger partial charge in [-0.25, -0.2) is 21.6 Å². The lowest BCUT2D eigenvalue weighted by molar-refractivity contribution is -0.121. The van der Waals surface area contributed by atoms with E-state index in [0.29, 0.717) is 25.0 Å². The molecule has 0 saturated heterocycles. The monoisotopic (exact) mass is 544 g/mol. The van der Waals surface area contributed by atoms with Gasteiger partial charge in [-0.05, 0) is 55.7 Å². The zero-order valence-electron chi connectivity index (χ0n) is 19.2. The van der Waals surface area contributed by atoms with Crippen molar-refractivity contribution in [1.82, 2.24) is 5.32 Å². The summed E-state index contributed by atoms with van der Waals surface area (Å²) in [6.45, 7) is 1.37. The van der Waals surface area contributed by atoms with E-state index < -0.39 is 44.0 Å². The highest BCUT2D eigenvalue weighted by molar-refractivity contribution is 7.92. The third-order valence-corrected chi connectivity index (χ3v) is 9.77. The van der Waals surface area contributed by atoms with Crippen LogP contribution in [0.5, 0.6) is 0 Å². The van der Waals surface area contributed by atoms with Gasteiger partial charge in [0.25, 0.3) is 5.91 Å². The van der Waals surface area contributed by atoms with Crippen molar-refractivity contribution in [3.05, 3.63) is 58.4 Å². The highest BCUT2D eigenvalue weighted by atomic mass is 35.5. The van der Waals surface area contributed by atoms with Crippen LogP contribution < -0.4 is 10.6 Å². The predicted octanol–water partition coefficient (Wildman–Crippen LogP) is 3.84. The maximum Gasteiger partial charge on any atom is 0.255 e. The van der Waals surface area contributed by atoms with Crippen LogP contribution in [0.4, 0.5) is 18.9 Å². The Balaban J connectivity index is 1.59. The van der Waals surface area contributed by atoms with E-state index in [0.717, 1.165) is 6.07 Å². The van der Waals surface area contributed by atoms with E-state index in [1.54, 1.807) is 0 Å². The van der Waals surface area contributed by atoms with Crippen molar-refractivity contribution in [1.29, 1.82) is 0 Å². The maximum absolute atomic E-state index is 13.7. The van der Waals surface area contributed by atoms with E-state index in [4.69, 9.17) is 11.6 Å². The first-order valence-corrected chi connectivity index (χ1v) is 13.2. The first-order chi connectivity index (χ1) is 16.8. The Kier molecular flexibility index (Phi) is 7.11. The number of aliphatic hydroxyl groups is 1. The average Bonchev–Trinajstić information content (AvgIpc) is 3.09. The van der Waals surface area contributed by atoms with E-state index in [-0.39, 0.29) is 58.3 Å². The molecule has 194 valence electrons. The van der Waals surface area contributed by atoms with E-state index >= 15 is 0 Å². The van der Waals surface area contributed by atoms with Crippen molar-refractivity contribution in [3.8, 4) is 0 Å². The van der Waals surface area contributed by atoms with Crippen LogP contribution in [0.25, 0.3) is 0 Å². The molecule has 0 aromatic heterocycles. The van der Waals surface area contributed by atoms with E-state index in [1.165, 1.54) is 19.1 Å². The molecule has 3 N–H and O–H groups in total. The first-order valence-electron chi connectivity index (χ1n) is 11.3. The maximum atomic E-state index is 13.7. The molecule has 4 atom stereocenters. The molecule has 2 aliphatic carbocycles. The van der Waals surface area contributed by atoms with Gasteiger partial charge < -0.3 is 15.7 Å². The second kappa shape index (κ2) is 9.68. The van der Waals surface area contributed by atoms with Crippen molar-refractivity contribution < 1.29 is 36.3 Å². The molecule has 0 radical (unpaired) electrons. The van der Waals surface area contributed by atoms with E-state index in [9.17, 15) is 36.3 Å². The highest BCUT2D eigenvalue weighted by Crippen LogP contribution is 2.51. The number of carbonyl (C=O) groups excluding carboxylic acids is 2. The Bertz CT molecular complexity index is 1300. The van der Waals surface area contributed by atoms with E-state index in [1.807, 2.05) is 0 Å². The fourth-order valence-electron chi connectivity index (χ4n) is 5.42. The lowest BCUT2D eigenvalue weighted by atomic mass is 9.77. The van der Waals surface area contributed by atoms with Gasteiger partial charge in [-0.1, -0.05) is 11.6 Å². The van der Waals surface area contributed by atoms with Crippen LogP contribution in [-0.2, 0) is 14.6 Å². The summed E-state index contributed by atoms with van der Waals surface area (Å²) in [4.78, 5) is 23.7. The molecule has 0 heterocycles. The zero-order chi connectivity index (χ0) is 26.4. The van der Waals surface area contributed by atoms with Gasteiger partial charge in [-0.15, -0.1) is 0 Å². The predicted molar refractivity (Wildman–Crippen MR) is 126 cm³/mol. The van der Waals surface area contributed by atoms with Crippen molar-refractivity contribution in [2.75, 3.05) is 11.9 Å². The highest BCUT2D eigenvalue weighted by Gasteiger charge is 2.54. The number of fused-ring (bicyclic) bond motifs is 2. The molecule has 3 unspecified atom stereocenters. The molecule has 0 spiro atoms. The number of rotatable bonds is 6. The Labute approximate surface area is 210 Å². The molecule has 0 aliphatic heterocycles. The molecule has 36 heavy (non-hydrogen) atoms. The molecule has 2 bridgehead atoms. The molecule has 2 amide bonds. The number of benzene rings is 2. The van der Waals surface area contributed by atoms with Gasteiger partial charge in [0, 0.05) is 36.9 Å². The molecule has 7 nitrogen and oxygen atoms in total.